The molecule has 3 rings (SSSR count). The molecule has 154 valence electrons. The first-order valence-corrected chi connectivity index (χ1v) is 10.4. The highest BCUT2D eigenvalue weighted by Gasteiger charge is 2.15. The minimum Gasteiger partial charge on any atom is -0.480 e. The molecule has 0 atom stereocenters. The van der Waals surface area contributed by atoms with Crippen molar-refractivity contribution in [2.45, 2.75) is 11.8 Å². The highest BCUT2D eigenvalue weighted by atomic mass is 35.5. The second-order valence-electron chi connectivity index (χ2n) is 6.11. The summed E-state index contributed by atoms with van der Waals surface area (Å²) in [6.45, 7) is 5.49. The van der Waals surface area contributed by atoms with Crippen molar-refractivity contribution >= 4 is 59.6 Å². The maximum Gasteiger partial charge on any atom is 0.228 e. The molecule has 6 nitrogen and oxygen atoms in total. The molecule has 0 saturated carbocycles. The number of aromatic nitrogens is 2. The van der Waals surface area contributed by atoms with Gasteiger partial charge in [0.1, 0.15) is 0 Å². The third-order valence-electron chi connectivity index (χ3n) is 4.18. The minimum atomic E-state index is 0.472. The van der Waals surface area contributed by atoms with E-state index in [9.17, 15) is 0 Å². The van der Waals surface area contributed by atoms with E-state index < -0.39 is 0 Å². The molecule has 0 bridgehead atoms. The number of hydrogen-bond donors (Lipinski definition) is 1. The molecule has 2 aromatic heterocycles. The Morgan fingerprint density at radius 2 is 2.03 bits per heavy atom. The van der Waals surface area contributed by atoms with Gasteiger partial charge < -0.3 is 9.46 Å². The van der Waals surface area contributed by atoms with Crippen LogP contribution in [0.5, 0.6) is 5.88 Å². The number of hydrogen-bond acceptors (Lipinski definition) is 7. The zero-order valence-corrected chi connectivity index (χ0v) is 18.9. The first-order valence-electron chi connectivity index (χ1n) is 8.80. The van der Waals surface area contributed by atoms with Crippen molar-refractivity contribution in [1.29, 1.82) is 0 Å². The Bertz CT molecular complexity index is 1120. The number of aryl methyl sites for hydroxylation is 1. The predicted octanol–water partition coefficient (Wildman–Crippen LogP) is 6.27. The number of benzene rings is 1. The Labute approximate surface area is 189 Å². The fraction of sp³-hybridized carbons (Fsp3) is 0.143. The molecular weight excluding hydrogens is 441 g/mol. The Morgan fingerprint density at radius 3 is 2.73 bits per heavy atom. The fourth-order valence-electron chi connectivity index (χ4n) is 2.80. The van der Waals surface area contributed by atoms with Gasteiger partial charge >= 0.3 is 0 Å². The summed E-state index contributed by atoms with van der Waals surface area (Å²) < 4.78 is 8.54. The standard InChI is InChI=1S/C21H19Cl2N5OS/c1-12-16(8-13(10-24-2)20(25-3)27-12)15-6-5-7-17(19(15)23)28-30-18-9-14(22)11-26-21(18)29-4/h5-11,28H,3H2,1-2,4H3. The zero-order chi connectivity index (χ0) is 21.7. The quantitative estimate of drug-likeness (QED) is 0.333. The molecule has 0 aliphatic carbocycles. The molecule has 0 spiro atoms. The average Bonchev–Trinajstić information content (AvgIpc) is 2.74. The van der Waals surface area contributed by atoms with E-state index in [1.165, 1.54) is 18.1 Å². The number of anilines is 1. The fourth-order valence-corrected chi connectivity index (χ4v) is 4.16. The highest BCUT2D eigenvalue weighted by Crippen LogP contribution is 2.39. The summed E-state index contributed by atoms with van der Waals surface area (Å²) in [5, 5.41) is 1.07. The lowest BCUT2D eigenvalue weighted by Gasteiger charge is -2.14. The molecule has 0 aliphatic rings. The van der Waals surface area contributed by atoms with Crippen LogP contribution in [-0.4, -0.2) is 37.1 Å². The number of rotatable bonds is 7. The number of nitrogens with one attached hydrogen (secondary N) is 1. The van der Waals surface area contributed by atoms with Gasteiger partial charge in [0, 0.05) is 41.8 Å². The lowest BCUT2D eigenvalue weighted by molar-refractivity contribution is 0.387. The lowest BCUT2D eigenvalue weighted by atomic mass is 10.0. The second kappa shape index (κ2) is 9.93. The van der Waals surface area contributed by atoms with E-state index in [0.717, 1.165) is 33.0 Å². The SMILES string of the molecule is C=Nc1nc(C)c(-c2cccc(NSc3cc(Cl)cnc3OC)c2Cl)cc1C=NC. The Hall–Kier alpha value is -2.61. The van der Waals surface area contributed by atoms with E-state index in [4.69, 9.17) is 27.9 Å². The molecule has 0 amide bonds. The Kier molecular flexibility index (Phi) is 7.31. The third-order valence-corrected chi connectivity index (χ3v) is 5.63. The van der Waals surface area contributed by atoms with Gasteiger partial charge in [-0.1, -0.05) is 35.3 Å². The minimum absolute atomic E-state index is 0.472. The molecule has 0 aliphatic heterocycles. The number of aliphatic imine (C=N–C) groups is 2. The van der Waals surface area contributed by atoms with Crippen LogP contribution in [0.3, 0.4) is 0 Å². The van der Waals surface area contributed by atoms with Gasteiger partial charge in [0.15, 0.2) is 5.82 Å². The van der Waals surface area contributed by atoms with E-state index in [1.807, 2.05) is 31.2 Å². The van der Waals surface area contributed by atoms with E-state index >= 15 is 0 Å². The molecule has 0 saturated heterocycles. The van der Waals surface area contributed by atoms with Crippen LogP contribution in [0, 0.1) is 6.92 Å². The van der Waals surface area contributed by atoms with Crippen molar-refractivity contribution in [3.05, 3.63) is 57.8 Å². The first kappa shape index (κ1) is 22.1. The highest BCUT2D eigenvalue weighted by molar-refractivity contribution is 8.00. The number of halogens is 2. The number of ether oxygens (including phenoxy) is 1. The number of methoxy groups -OCH3 is 1. The van der Waals surface area contributed by atoms with Crippen LogP contribution in [-0.2, 0) is 0 Å². The predicted molar refractivity (Wildman–Crippen MR) is 127 cm³/mol. The molecule has 30 heavy (non-hydrogen) atoms. The summed E-state index contributed by atoms with van der Waals surface area (Å²) in [5.74, 6) is 1.00. The van der Waals surface area contributed by atoms with Crippen LogP contribution in [0.1, 0.15) is 11.3 Å². The molecule has 2 heterocycles. The van der Waals surface area contributed by atoms with Gasteiger partial charge in [0.25, 0.3) is 0 Å². The molecule has 9 heteroatoms. The van der Waals surface area contributed by atoms with Crippen molar-refractivity contribution in [2.75, 3.05) is 18.9 Å². The van der Waals surface area contributed by atoms with Crippen molar-refractivity contribution < 1.29 is 4.74 Å². The van der Waals surface area contributed by atoms with Gasteiger partial charge in [-0.15, -0.1) is 0 Å². The second-order valence-corrected chi connectivity index (χ2v) is 7.77. The molecular formula is C21H19Cl2N5OS. The molecule has 3 aromatic rings. The maximum atomic E-state index is 6.74. The van der Waals surface area contributed by atoms with Gasteiger partial charge in [-0.3, -0.25) is 4.99 Å². The topological polar surface area (TPSA) is 71.8 Å². The molecule has 0 radical (unpaired) electrons. The van der Waals surface area contributed by atoms with Crippen molar-refractivity contribution in [1.82, 2.24) is 9.97 Å². The number of nitrogens with zero attached hydrogens (tertiary/aromatic N) is 4. The first-order chi connectivity index (χ1) is 14.5. The van der Waals surface area contributed by atoms with Crippen molar-refractivity contribution in [2.24, 2.45) is 9.98 Å². The van der Waals surface area contributed by atoms with Crippen LogP contribution >= 0.6 is 35.1 Å². The third kappa shape index (κ3) is 4.75. The van der Waals surface area contributed by atoms with Gasteiger partial charge in [0.2, 0.25) is 5.88 Å². The smallest absolute Gasteiger partial charge is 0.228 e. The zero-order valence-electron chi connectivity index (χ0n) is 16.6. The van der Waals surface area contributed by atoms with E-state index in [0.29, 0.717) is 21.7 Å². The summed E-state index contributed by atoms with van der Waals surface area (Å²) >= 11 is 14.1. The largest absolute Gasteiger partial charge is 0.480 e. The van der Waals surface area contributed by atoms with E-state index in [2.05, 4.69) is 31.4 Å². The average molecular weight is 460 g/mol. The van der Waals surface area contributed by atoms with Crippen LogP contribution in [0.4, 0.5) is 11.5 Å². The maximum absolute atomic E-state index is 6.74. The van der Waals surface area contributed by atoms with Gasteiger partial charge in [-0.2, -0.15) is 0 Å². The molecule has 0 unspecified atom stereocenters. The summed E-state index contributed by atoms with van der Waals surface area (Å²) in [6, 6.07) is 9.48. The molecule has 0 fully saturated rings. The van der Waals surface area contributed by atoms with Crippen molar-refractivity contribution in [3.63, 3.8) is 0 Å². The molecule has 1 N–H and O–H groups in total. The summed E-state index contributed by atoms with van der Waals surface area (Å²) in [6.07, 6.45) is 3.23. The van der Waals surface area contributed by atoms with E-state index in [1.54, 1.807) is 26.4 Å². The monoisotopic (exact) mass is 459 g/mol. The summed E-state index contributed by atoms with van der Waals surface area (Å²) in [4.78, 5) is 17.5. The number of pyridine rings is 2. The van der Waals surface area contributed by atoms with E-state index in [-0.39, 0.29) is 0 Å². The normalized spacial score (nSPS) is 11.0. The van der Waals surface area contributed by atoms with Crippen LogP contribution < -0.4 is 9.46 Å². The lowest BCUT2D eigenvalue weighted by Crippen LogP contribution is -1.97. The Morgan fingerprint density at radius 1 is 1.23 bits per heavy atom. The van der Waals surface area contributed by atoms with Crippen LogP contribution in [0.15, 0.2) is 51.4 Å². The molecule has 1 aromatic carbocycles. The Balaban J connectivity index is 1.97. The van der Waals surface area contributed by atoms with Gasteiger partial charge in [-0.05, 0) is 43.8 Å². The van der Waals surface area contributed by atoms with Gasteiger partial charge in [-0.25, -0.2) is 15.0 Å². The summed E-state index contributed by atoms with van der Waals surface area (Å²) in [5.41, 5.74) is 4.02. The summed E-state index contributed by atoms with van der Waals surface area (Å²) in [7, 11) is 3.25. The van der Waals surface area contributed by atoms with Crippen LogP contribution in [0.2, 0.25) is 10.0 Å². The van der Waals surface area contributed by atoms with Gasteiger partial charge in [0.05, 0.1) is 27.7 Å². The van der Waals surface area contributed by atoms with Crippen molar-refractivity contribution in [3.8, 4) is 17.0 Å². The van der Waals surface area contributed by atoms with Crippen LogP contribution in [0.25, 0.3) is 11.1 Å².